The molecule has 0 amide bonds. The fourth-order valence-corrected chi connectivity index (χ4v) is 3.57. The molecule has 3 rings (SSSR count). The summed E-state index contributed by atoms with van der Waals surface area (Å²) >= 11 is 2.04. The molecule has 2 nitrogen and oxygen atoms in total. The van der Waals surface area contributed by atoms with E-state index in [1.807, 2.05) is 28.7 Å². The van der Waals surface area contributed by atoms with Crippen molar-refractivity contribution in [1.29, 1.82) is 0 Å². The van der Waals surface area contributed by atoms with Gasteiger partial charge in [0.15, 0.2) is 0 Å². The zero-order chi connectivity index (χ0) is 12.5. The van der Waals surface area contributed by atoms with Crippen LogP contribution in [0.2, 0.25) is 0 Å². The molecule has 1 aliphatic carbocycles. The molecule has 98 valence electrons. The number of anilines is 2. The van der Waals surface area contributed by atoms with Gasteiger partial charge in [0.05, 0.1) is 14.9 Å². The predicted octanol–water partition coefficient (Wildman–Crippen LogP) is 4.22. The third kappa shape index (κ3) is 2.44. The highest BCUT2D eigenvalue weighted by Gasteiger charge is 2.27. The molecule has 4 heteroatoms. The molecule has 2 aliphatic rings. The first kappa shape index (κ1) is 12.5. The van der Waals surface area contributed by atoms with E-state index in [4.69, 9.17) is 0 Å². The Morgan fingerprint density at radius 2 is 1.89 bits per heavy atom. The molecule has 0 spiro atoms. The van der Waals surface area contributed by atoms with Gasteiger partial charge in [0.2, 0.25) is 0 Å². The SMILES string of the molecule is Fc1cc2c(cc1I)NCC(C1CCCCC1)N2. The van der Waals surface area contributed by atoms with Crippen LogP contribution < -0.4 is 10.6 Å². The van der Waals surface area contributed by atoms with Crippen molar-refractivity contribution in [3.63, 3.8) is 0 Å². The van der Waals surface area contributed by atoms with Crippen molar-refractivity contribution in [2.24, 2.45) is 5.92 Å². The van der Waals surface area contributed by atoms with Crippen molar-refractivity contribution in [1.82, 2.24) is 0 Å². The number of benzene rings is 1. The lowest BCUT2D eigenvalue weighted by Crippen LogP contribution is -2.40. The van der Waals surface area contributed by atoms with Crippen LogP contribution in [0.4, 0.5) is 15.8 Å². The predicted molar refractivity (Wildman–Crippen MR) is 81.6 cm³/mol. The van der Waals surface area contributed by atoms with Crippen LogP contribution >= 0.6 is 22.6 Å². The van der Waals surface area contributed by atoms with Crippen LogP contribution in [0.5, 0.6) is 0 Å². The summed E-state index contributed by atoms with van der Waals surface area (Å²) in [5.74, 6) is 0.606. The summed E-state index contributed by atoms with van der Waals surface area (Å²) in [6, 6.07) is 3.96. The van der Waals surface area contributed by atoms with E-state index in [0.717, 1.165) is 23.8 Å². The van der Waals surface area contributed by atoms with E-state index in [9.17, 15) is 4.39 Å². The summed E-state index contributed by atoms with van der Waals surface area (Å²) in [4.78, 5) is 0. The van der Waals surface area contributed by atoms with Crippen LogP contribution in [-0.4, -0.2) is 12.6 Å². The maximum absolute atomic E-state index is 13.6. The molecule has 1 saturated carbocycles. The van der Waals surface area contributed by atoms with Gasteiger partial charge in [-0.15, -0.1) is 0 Å². The first-order chi connectivity index (χ1) is 8.74. The quantitative estimate of drug-likeness (QED) is 0.733. The standard InChI is InChI=1S/C14H18FIN2/c15-10-6-13-12(7-11(10)16)17-8-14(18-13)9-4-2-1-3-5-9/h6-7,9,14,17-18H,1-5,8H2. The van der Waals surface area contributed by atoms with Crippen LogP contribution in [0, 0.1) is 15.3 Å². The minimum atomic E-state index is -0.132. The largest absolute Gasteiger partial charge is 0.381 e. The lowest BCUT2D eigenvalue weighted by Gasteiger charge is -2.36. The minimum absolute atomic E-state index is 0.132. The second-order valence-electron chi connectivity index (χ2n) is 5.34. The van der Waals surface area contributed by atoms with Gasteiger partial charge in [-0.3, -0.25) is 0 Å². The van der Waals surface area contributed by atoms with E-state index in [0.29, 0.717) is 9.61 Å². The molecule has 1 fully saturated rings. The van der Waals surface area contributed by atoms with Crippen molar-refractivity contribution >= 4 is 34.0 Å². The molecule has 0 saturated heterocycles. The van der Waals surface area contributed by atoms with Crippen LogP contribution in [0.1, 0.15) is 32.1 Å². The first-order valence-electron chi connectivity index (χ1n) is 6.73. The molecule has 2 N–H and O–H groups in total. The zero-order valence-electron chi connectivity index (χ0n) is 10.3. The molecule has 1 atom stereocenters. The fraction of sp³-hybridized carbons (Fsp3) is 0.571. The lowest BCUT2D eigenvalue weighted by molar-refractivity contribution is 0.322. The van der Waals surface area contributed by atoms with E-state index in [1.54, 1.807) is 6.07 Å². The zero-order valence-corrected chi connectivity index (χ0v) is 12.5. The number of hydrogen-bond acceptors (Lipinski definition) is 2. The third-order valence-electron chi connectivity index (χ3n) is 4.13. The van der Waals surface area contributed by atoms with Crippen molar-refractivity contribution in [3.8, 4) is 0 Å². The Morgan fingerprint density at radius 1 is 1.11 bits per heavy atom. The lowest BCUT2D eigenvalue weighted by atomic mass is 9.83. The van der Waals surface area contributed by atoms with E-state index in [-0.39, 0.29) is 5.82 Å². The maximum atomic E-state index is 13.6. The fourth-order valence-electron chi connectivity index (χ4n) is 3.10. The molecular weight excluding hydrogens is 342 g/mol. The normalized spacial score (nSPS) is 24.0. The van der Waals surface area contributed by atoms with Gasteiger partial charge in [0, 0.05) is 18.7 Å². The van der Waals surface area contributed by atoms with Crippen LogP contribution in [0.25, 0.3) is 0 Å². The topological polar surface area (TPSA) is 24.1 Å². The van der Waals surface area contributed by atoms with E-state index in [2.05, 4.69) is 10.6 Å². The number of rotatable bonds is 1. The molecule has 1 aromatic rings. The average Bonchev–Trinajstić information content (AvgIpc) is 2.41. The Bertz CT molecular complexity index is 444. The minimum Gasteiger partial charge on any atom is -0.381 e. The molecule has 0 bridgehead atoms. The highest BCUT2D eigenvalue weighted by atomic mass is 127. The van der Waals surface area contributed by atoms with Crippen LogP contribution in [0.3, 0.4) is 0 Å². The molecule has 1 aromatic carbocycles. The van der Waals surface area contributed by atoms with Gasteiger partial charge in [-0.05, 0) is 47.4 Å². The number of halogens is 2. The van der Waals surface area contributed by atoms with Gasteiger partial charge in [-0.1, -0.05) is 19.3 Å². The Labute approximate surface area is 121 Å². The van der Waals surface area contributed by atoms with Gasteiger partial charge >= 0.3 is 0 Å². The Kier molecular flexibility index (Phi) is 3.63. The highest BCUT2D eigenvalue weighted by Crippen LogP contribution is 2.34. The maximum Gasteiger partial charge on any atom is 0.138 e. The number of fused-ring (bicyclic) bond motifs is 1. The second kappa shape index (κ2) is 5.23. The number of nitrogens with one attached hydrogen (secondary N) is 2. The molecule has 0 aromatic heterocycles. The van der Waals surface area contributed by atoms with E-state index >= 15 is 0 Å². The summed E-state index contributed by atoms with van der Waals surface area (Å²) in [5.41, 5.74) is 1.96. The summed E-state index contributed by atoms with van der Waals surface area (Å²) in [6.45, 7) is 0.958. The highest BCUT2D eigenvalue weighted by molar-refractivity contribution is 14.1. The molecule has 1 heterocycles. The summed E-state index contributed by atoms with van der Waals surface area (Å²) in [5, 5.41) is 6.97. The van der Waals surface area contributed by atoms with E-state index < -0.39 is 0 Å². The summed E-state index contributed by atoms with van der Waals surface area (Å²) in [6.07, 6.45) is 6.68. The second-order valence-corrected chi connectivity index (χ2v) is 6.50. The monoisotopic (exact) mass is 360 g/mol. The van der Waals surface area contributed by atoms with Crippen LogP contribution in [0.15, 0.2) is 12.1 Å². The summed E-state index contributed by atoms with van der Waals surface area (Å²) in [7, 11) is 0. The number of hydrogen-bond donors (Lipinski definition) is 2. The van der Waals surface area contributed by atoms with Gasteiger partial charge in [0.25, 0.3) is 0 Å². The van der Waals surface area contributed by atoms with Gasteiger partial charge < -0.3 is 10.6 Å². The molecule has 1 unspecified atom stereocenters. The van der Waals surface area contributed by atoms with Crippen LogP contribution in [-0.2, 0) is 0 Å². The van der Waals surface area contributed by atoms with Crippen molar-refractivity contribution in [2.75, 3.05) is 17.2 Å². The summed E-state index contributed by atoms with van der Waals surface area (Å²) < 4.78 is 14.3. The molecular formula is C14H18FIN2. The Morgan fingerprint density at radius 3 is 2.67 bits per heavy atom. The Hall–Kier alpha value is -0.520. The average molecular weight is 360 g/mol. The first-order valence-corrected chi connectivity index (χ1v) is 7.81. The van der Waals surface area contributed by atoms with Gasteiger partial charge in [-0.25, -0.2) is 4.39 Å². The van der Waals surface area contributed by atoms with Gasteiger partial charge in [-0.2, -0.15) is 0 Å². The third-order valence-corrected chi connectivity index (χ3v) is 4.96. The van der Waals surface area contributed by atoms with Gasteiger partial charge in [0.1, 0.15) is 5.82 Å². The Balaban J connectivity index is 1.77. The molecule has 18 heavy (non-hydrogen) atoms. The van der Waals surface area contributed by atoms with Crippen molar-refractivity contribution in [3.05, 3.63) is 21.5 Å². The molecule has 0 radical (unpaired) electrons. The van der Waals surface area contributed by atoms with E-state index in [1.165, 1.54) is 32.1 Å². The smallest absolute Gasteiger partial charge is 0.138 e. The molecule has 1 aliphatic heterocycles. The van der Waals surface area contributed by atoms with Crippen molar-refractivity contribution < 1.29 is 4.39 Å². The van der Waals surface area contributed by atoms with Crippen molar-refractivity contribution in [2.45, 2.75) is 38.1 Å².